The van der Waals surface area contributed by atoms with Crippen molar-refractivity contribution in [3.63, 3.8) is 0 Å². The average Bonchev–Trinajstić information content (AvgIpc) is 2.75. The molecule has 5 heteroatoms. The molecule has 0 saturated heterocycles. The van der Waals surface area contributed by atoms with Gasteiger partial charge in [-0.25, -0.2) is 0 Å². The quantitative estimate of drug-likeness (QED) is 0.443. The molecular formula is C24H52O4Si. The molecule has 0 unspecified atom stereocenters. The molecule has 0 aromatic rings. The van der Waals surface area contributed by atoms with Crippen LogP contribution in [0.2, 0.25) is 0 Å². The van der Waals surface area contributed by atoms with Crippen molar-refractivity contribution in [2.45, 2.75) is 107 Å². The maximum Gasteiger partial charge on any atom is 4.00 e. The molecule has 0 aromatic carbocycles. The molecule has 0 rings (SSSR count). The van der Waals surface area contributed by atoms with Gasteiger partial charge in [0.25, 0.3) is 0 Å². The van der Waals surface area contributed by atoms with Gasteiger partial charge < -0.3 is 20.4 Å². The van der Waals surface area contributed by atoms with Crippen molar-refractivity contribution in [1.29, 1.82) is 0 Å². The molecule has 0 aromatic heterocycles. The van der Waals surface area contributed by atoms with E-state index in [1.807, 2.05) is 0 Å². The van der Waals surface area contributed by atoms with E-state index in [9.17, 15) is 20.4 Å². The van der Waals surface area contributed by atoms with Gasteiger partial charge in [-0.05, 0) is 0 Å². The van der Waals surface area contributed by atoms with Gasteiger partial charge in [0.1, 0.15) is 0 Å². The summed E-state index contributed by atoms with van der Waals surface area (Å²) in [6.45, 7) is 16.9. The fourth-order valence-electron chi connectivity index (χ4n) is 2.10. The molecule has 0 fully saturated rings. The van der Waals surface area contributed by atoms with Crippen LogP contribution < -0.4 is 20.4 Å². The smallest absolute Gasteiger partial charge is 0.854 e. The summed E-state index contributed by atoms with van der Waals surface area (Å²) in [4.78, 5) is 0. The molecule has 0 N–H and O–H groups in total. The van der Waals surface area contributed by atoms with Gasteiger partial charge in [0.2, 0.25) is 0 Å². The van der Waals surface area contributed by atoms with Crippen LogP contribution in [-0.4, -0.2) is 37.4 Å². The average molecular weight is 433 g/mol. The monoisotopic (exact) mass is 432 g/mol. The Morgan fingerprint density at radius 2 is 0.448 bits per heavy atom. The van der Waals surface area contributed by atoms with Gasteiger partial charge in [0, 0.05) is 0 Å². The van der Waals surface area contributed by atoms with Crippen molar-refractivity contribution in [1.82, 2.24) is 0 Å². The van der Waals surface area contributed by atoms with E-state index >= 15 is 0 Å². The zero-order valence-electron chi connectivity index (χ0n) is 20.9. The van der Waals surface area contributed by atoms with Crippen LogP contribution in [0.1, 0.15) is 107 Å². The molecule has 0 heterocycles. The summed E-state index contributed by atoms with van der Waals surface area (Å²) in [6, 6.07) is 0. The van der Waals surface area contributed by atoms with E-state index in [0.717, 1.165) is 51.4 Å². The van der Waals surface area contributed by atoms with Crippen LogP contribution in [-0.2, 0) is 0 Å². The van der Waals surface area contributed by atoms with Gasteiger partial charge in [0.15, 0.2) is 0 Å². The summed E-state index contributed by atoms with van der Waals surface area (Å²) >= 11 is 0. The maximum atomic E-state index is 10.1. The first-order chi connectivity index (χ1) is 13.4. The van der Waals surface area contributed by atoms with E-state index in [0.29, 0.717) is 23.7 Å². The second-order valence-corrected chi connectivity index (χ2v) is 7.40. The molecule has 0 bridgehead atoms. The molecule has 0 atom stereocenters. The molecule has 176 valence electrons. The molecular weight excluding hydrogens is 380 g/mol. The fourth-order valence-corrected chi connectivity index (χ4v) is 2.10. The Kier molecular flexibility index (Phi) is 48.4. The van der Waals surface area contributed by atoms with Crippen molar-refractivity contribution in [2.24, 2.45) is 23.7 Å². The summed E-state index contributed by atoms with van der Waals surface area (Å²) in [5.41, 5.74) is 0. The van der Waals surface area contributed by atoms with E-state index in [2.05, 4.69) is 55.4 Å². The van der Waals surface area contributed by atoms with E-state index < -0.39 is 0 Å². The Balaban J connectivity index is -0.0000000873. The zero-order valence-corrected chi connectivity index (χ0v) is 21.9. The largest absolute Gasteiger partial charge is 4.00 e. The first kappa shape index (κ1) is 39.5. The van der Waals surface area contributed by atoms with Gasteiger partial charge in [-0.3, -0.25) is 0 Å². The maximum absolute atomic E-state index is 10.1. The van der Waals surface area contributed by atoms with Gasteiger partial charge in [-0.15, -0.1) is 26.4 Å². The second-order valence-electron chi connectivity index (χ2n) is 7.40. The topological polar surface area (TPSA) is 92.2 Å². The van der Waals surface area contributed by atoms with Gasteiger partial charge in [-0.1, -0.05) is 130 Å². The number of hydrogen-bond acceptors (Lipinski definition) is 4. The molecule has 0 amide bonds. The van der Waals surface area contributed by atoms with Crippen molar-refractivity contribution < 1.29 is 20.4 Å². The summed E-state index contributed by atoms with van der Waals surface area (Å²) in [6.07, 6.45) is 8.33. The SMILES string of the molecule is CCC(CC)C[O-].CCC(CC)C[O-].CCC(CC)C[O-].CCC(CC)C[O-].[Si+4]. The Labute approximate surface area is 188 Å². The van der Waals surface area contributed by atoms with Crippen LogP contribution in [0.4, 0.5) is 0 Å². The summed E-state index contributed by atoms with van der Waals surface area (Å²) < 4.78 is 0. The predicted octanol–water partition coefficient (Wildman–Crippen LogP) is 2.75. The molecule has 0 aliphatic heterocycles. The Hall–Kier alpha value is 0.0569. The Bertz CT molecular complexity index is 157. The minimum atomic E-state index is 0. The molecule has 0 aliphatic rings. The molecule has 29 heavy (non-hydrogen) atoms. The van der Waals surface area contributed by atoms with Crippen LogP contribution in [0.3, 0.4) is 0 Å². The Morgan fingerprint density at radius 1 is 0.345 bits per heavy atom. The molecule has 0 saturated carbocycles. The summed E-state index contributed by atoms with van der Waals surface area (Å²) in [5, 5.41) is 40.4. The predicted molar refractivity (Wildman–Crippen MR) is 122 cm³/mol. The van der Waals surface area contributed by atoms with Crippen LogP contribution in [0.15, 0.2) is 0 Å². The third kappa shape index (κ3) is 32.9. The number of rotatable bonds is 12. The molecule has 0 radical (unpaired) electrons. The third-order valence-corrected chi connectivity index (χ3v) is 5.56. The van der Waals surface area contributed by atoms with E-state index in [1.54, 1.807) is 0 Å². The molecule has 4 nitrogen and oxygen atoms in total. The van der Waals surface area contributed by atoms with Crippen molar-refractivity contribution in [3.05, 3.63) is 0 Å². The van der Waals surface area contributed by atoms with Crippen molar-refractivity contribution in [2.75, 3.05) is 26.4 Å². The van der Waals surface area contributed by atoms with Crippen LogP contribution in [0.25, 0.3) is 0 Å². The molecule has 0 spiro atoms. The fraction of sp³-hybridized carbons (Fsp3) is 1.00. The van der Waals surface area contributed by atoms with Crippen LogP contribution >= 0.6 is 0 Å². The van der Waals surface area contributed by atoms with E-state index in [-0.39, 0.29) is 37.4 Å². The van der Waals surface area contributed by atoms with Crippen molar-refractivity contribution >= 4 is 11.0 Å². The zero-order chi connectivity index (χ0) is 22.8. The normalized spacial score (nSPS) is 9.93. The molecule has 0 aliphatic carbocycles. The van der Waals surface area contributed by atoms with Crippen LogP contribution in [0.5, 0.6) is 0 Å². The third-order valence-electron chi connectivity index (χ3n) is 5.56. The van der Waals surface area contributed by atoms with E-state index in [1.165, 1.54) is 0 Å². The summed E-state index contributed by atoms with van der Waals surface area (Å²) in [7, 11) is 0. The van der Waals surface area contributed by atoms with Gasteiger partial charge in [0.05, 0.1) is 0 Å². The minimum Gasteiger partial charge on any atom is -0.854 e. The standard InChI is InChI=1S/4C6H13O.Si/c4*1-3-6(4-2)5-7;/h4*6H,3-5H2,1-2H3;/q4*-1;+4. The Morgan fingerprint density at radius 3 is 0.448 bits per heavy atom. The second kappa shape index (κ2) is 35.5. The minimum absolute atomic E-state index is 0. The van der Waals surface area contributed by atoms with Crippen molar-refractivity contribution in [3.8, 4) is 0 Å². The van der Waals surface area contributed by atoms with Crippen LogP contribution in [0, 0.1) is 23.7 Å². The van der Waals surface area contributed by atoms with E-state index in [4.69, 9.17) is 0 Å². The first-order valence-corrected chi connectivity index (χ1v) is 11.7. The first-order valence-electron chi connectivity index (χ1n) is 11.7. The van der Waals surface area contributed by atoms with Gasteiger partial charge in [-0.2, -0.15) is 0 Å². The summed E-state index contributed by atoms with van der Waals surface area (Å²) in [5.74, 6) is 1.72. The number of hydrogen-bond donors (Lipinski definition) is 0. The van der Waals surface area contributed by atoms with Gasteiger partial charge >= 0.3 is 11.0 Å².